The molecule has 4 nitrogen and oxygen atoms in total. The van der Waals surface area contributed by atoms with Crippen LogP contribution in [0.15, 0.2) is 0 Å². The molecule has 0 unspecified atom stereocenters. The molecule has 0 aromatic carbocycles. The van der Waals surface area contributed by atoms with Crippen LogP contribution in [0.25, 0.3) is 0 Å². The quantitative estimate of drug-likeness (QED) is 0.588. The van der Waals surface area contributed by atoms with Gasteiger partial charge in [-0.1, -0.05) is 13.8 Å². The van der Waals surface area contributed by atoms with Crippen LogP contribution in [0.1, 0.15) is 47.0 Å². The van der Waals surface area contributed by atoms with E-state index in [-0.39, 0.29) is 12.0 Å². The Kier molecular flexibility index (Phi) is 9.98. The molecule has 3 N–H and O–H groups in total. The van der Waals surface area contributed by atoms with Gasteiger partial charge in [-0.25, -0.2) is 0 Å². The van der Waals surface area contributed by atoms with Crippen LogP contribution < -0.4 is 11.1 Å². The Morgan fingerprint density at radius 1 is 1.28 bits per heavy atom. The van der Waals surface area contributed by atoms with E-state index in [0.29, 0.717) is 38.0 Å². The lowest BCUT2D eigenvalue weighted by Gasteiger charge is -2.16. The second kappa shape index (κ2) is 10.3. The van der Waals surface area contributed by atoms with Crippen molar-refractivity contribution in [2.45, 2.75) is 53.1 Å². The van der Waals surface area contributed by atoms with Crippen molar-refractivity contribution in [3.63, 3.8) is 0 Å². The van der Waals surface area contributed by atoms with Crippen LogP contribution in [-0.2, 0) is 9.53 Å². The molecule has 0 aliphatic carbocycles. The smallest absolute Gasteiger partial charge is 0.220 e. The molecule has 0 bridgehead atoms. The minimum Gasteiger partial charge on any atom is -0.379 e. The second-order valence-corrected chi connectivity index (χ2v) is 5.56. The highest BCUT2D eigenvalue weighted by Crippen LogP contribution is 2.13. The molecule has 108 valence electrons. The van der Waals surface area contributed by atoms with Gasteiger partial charge in [0.05, 0.1) is 6.10 Å². The monoisotopic (exact) mass is 258 g/mol. The number of ether oxygens (including phenoxy) is 1. The summed E-state index contributed by atoms with van der Waals surface area (Å²) in [4.78, 5) is 11.7. The van der Waals surface area contributed by atoms with Crippen molar-refractivity contribution < 1.29 is 9.53 Å². The first-order valence-corrected chi connectivity index (χ1v) is 7.04. The fraction of sp³-hybridized carbons (Fsp3) is 0.929. The topological polar surface area (TPSA) is 64.4 Å². The Balaban J connectivity index is 3.62. The van der Waals surface area contributed by atoms with Gasteiger partial charge in [0, 0.05) is 19.6 Å². The molecule has 0 radical (unpaired) electrons. The van der Waals surface area contributed by atoms with E-state index in [1.807, 2.05) is 13.8 Å². The summed E-state index contributed by atoms with van der Waals surface area (Å²) >= 11 is 0. The Bertz CT molecular complexity index is 218. The molecule has 18 heavy (non-hydrogen) atoms. The van der Waals surface area contributed by atoms with E-state index in [4.69, 9.17) is 10.5 Å². The number of hydrogen-bond donors (Lipinski definition) is 2. The molecule has 0 heterocycles. The largest absolute Gasteiger partial charge is 0.379 e. The summed E-state index contributed by atoms with van der Waals surface area (Å²) in [7, 11) is 0. The van der Waals surface area contributed by atoms with Crippen molar-refractivity contribution in [2.24, 2.45) is 17.6 Å². The van der Waals surface area contributed by atoms with Gasteiger partial charge in [-0.2, -0.15) is 0 Å². The zero-order valence-electron chi connectivity index (χ0n) is 12.4. The maximum atomic E-state index is 11.7. The molecule has 1 atom stereocenters. The fourth-order valence-corrected chi connectivity index (χ4v) is 1.88. The van der Waals surface area contributed by atoms with Crippen LogP contribution in [0.4, 0.5) is 0 Å². The normalized spacial score (nSPS) is 13.1. The predicted octanol–water partition coefficient (Wildman–Crippen LogP) is 1.93. The summed E-state index contributed by atoms with van der Waals surface area (Å²) in [6, 6.07) is 0. The number of amides is 1. The number of carbonyl (C=O) groups excluding carboxylic acids is 1. The van der Waals surface area contributed by atoms with Gasteiger partial charge in [-0.05, 0) is 45.1 Å². The van der Waals surface area contributed by atoms with Crippen LogP contribution in [0.3, 0.4) is 0 Å². The molecule has 0 rings (SSSR count). The molecule has 4 heteroatoms. The highest BCUT2D eigenvalue weighted by atomic mass is 16.5. The van der Waals surface area contributed by atoms with Crippen LogP contribution in [-0.4, -0.2) is 31.7 Å². The van der Waals surface area contributed by atoms with Gasteiger partial charge < -0.3 is 15.8 Å². The molecule has 1 amide bonds. The zero-order valence-corrected chi connectivity index (χ0v) is 12.4. The molecule has 0 aromatic rings. The highest BCUT2D eigenvalue weighted by molar-refractivity contribution is 5.76. The third-order valence-corrected chi connectivity index (χ3v) is 2.71. The van der Waals surface area contributed by atoms with Crippen molar-refractivity contribution in [1.29, 1.82) is 0 Å². The van der Waals surface area contributed by atoms with E-state index in [9.17, 15) is 4.79 Å². The third-order valence-electron chi connectivity index (χ3n) is 2.71. The zero-order chi connectivity index (χ0) is 14.0. The van der Waals surface area contributed by atoms with Crippen molar-refractivity contribution in [1.82, 2.24) is 5.32 Å². The van der Waals surface area contributed by atoms with Gasteiger partial charge in [0.15, 0.2) is 0 Å². The van der Waals surface area contributed by atoms with Crippen LogP contribution in [0.5, 0.6) is 0 Å². The maximum Gasteiger partial charge on any atom is 0.220 e. The van der Waals surface area contributed by atoms with E-state index in [2.05, 4.69) is 19.2 Å². The van der Waals surface area contributed by atoms with Crippen LogP contribution in [0, 0.1) is 11.8 Å². The summed E-state index contributed by atoms with van der Waals surface area (Å²) in [5.74, 6) is 0.998. The second-order valence-electron chi connectivity index (χ2n) is 5.56. The van der Waals surface area contributed by atoms with Gasteiger partial charge in [0.1, 0.15) is 0 Å². The Morgan fingerprint density at radius 2 is 1.94 bits per heavy atom. The average Bonchev–Trinajstić information content (AvgIpc) is 2.26. The lowest BCUT2D eigenvalue weighted by molar-refractivity contribution is -0.122. The lowest BCUT2D eigenvalue weighted by Crippen LogP contribution is -2.30. The number of nitrogens with two attached hydrogens (primary N) is 1. The molecule has 0 fully saturated rings. The minimum atomic E-state index is 0.107. The summed E-state index contributed by atoms with van der Waals surface area (Å²) in [5, 5.41) is 2.92. The van der Waals surface area contributed by atoms with Gasteiger partial charge in [0.25, 0.3) is 0 Å². The van der Waals surface area contributed by atoms with Crippen molar-refractivity contribution in [2.75, 3.05) is 19.7 Å². The van der Waals surface area contributed by atoms with E-state index in [1.54, 1.807) is 0 Å². The molecule has 0 spiro atoms. The fourth-order valence-electron chi connectivity index (χ4n) is 1.88. The third kappa shape index (κ3) is 10.5. The van der Waals surface area contributed by atoms with Crippen LogP contribution >= 0.6 is 0 Å². The van der Waals surface area contributed by atoms with Crippen molar-refractivity contribution >= 4 is 5.91 Å². The Hall–Kier alpha value is -0.610. The first-order chi connectivity index (χ1) is 8.45. The number of hydrogen-bond acceptors (Lipinski definition) is 3. The Labute approximate surface area is 112 Å². The summed E-state index contributed by atoms with van der Waals surface area (Å²) < 4.78 is 5.41. The summed E-state index contributed by atoms with van der Waals surface area (Å²) in [5.41, 5.74) is 5.68. The number of carbonyl (C=O) groups is 1. The molecule has 0 saturated heterocycles. The SMILES string of the molecule is CC(C)C[C@H](CN)CC(=O)NCCCOC(C)C. The van der Waals surface area contributed by atoms with E-state index >= 15 is 0 Å². The highest BCUT2D eigenvalue weighted by Gasteiger charge is 2.13. The average molecular weight is 258 g/mol. The first kappa shape index (κ1) is 17.4. The van der Waals surface area contributed by atoms with Crippen molar-refractivity contribution in [3.8, 4) is 0 Å². The Morgan fingerprint density at radius 3 is 2.44 bits per heavy atom. The molecule has 0 saturated carbocycles. The molecule has 0 aromatic heterocycles. The number of rotatable bonds is 10. The summed E-state index contributed by atoms with van der Waals surface area (Å²) in [6.45, 7) is 10.3. The predicted molar refractivity (Wildman–Crippen MR) is 75.3 cm³/mol. The van der Waals surface area contributed by atoms with Crippen LogP contribution in [0.2, 0.25) is 0 Å². The van der Waals surface area contributed by atoms with Gasteiger partial charge in [-0.15, -0.1) is 0 Å². The molecular weight excluding hydrogens is 228 g/mol. The molecule has 0 aliphatic heterocycles. The lowest BCUT2D eigenvalue weighted by atomic mass is 9.94. The first-order valence-electron chi connectivity index (χ1n) is 7.04. The standard InChI is InChI=1S/C14H30N2O2/c1-11(2)8-13(10-15)9-14(17)16-6-5-7-18-12(3)4/h11-13H,5-10,15H2,1-4H3,(H,16,17)/t13-/m0/s1. The van der Waals surface area contributed by atoms with Gasteiger partial charge in [-0.3, -0.25) is 4.79 Å². The van der Waals surface area contributed by atoms with Gasteiger partial charge in [0.2, 0.25) is 5.91 Å². The van der Waals surface area contributed by atoms with Gasteiger partial charge >= 0.3 is 0 Å². The van der Waals surface area contributed by atoms with E-state index < -0.39 is 0 Å². The molecule has 0 aliphatic rings. The summed E-state index contributed by atoms with van der Waals surface area (Å²) in [6.07, 6.45) is 2.68. The minimum absolute atomic E-state index is 0.107. The van der Waals surface area contributed by atoms with E-state index in [0.717, 1.165) is 12.8 Å². The number of nitrogens with one attached hydrogen (secondary N) is 1. The molecular formula is C14H30N2O2. The van der Waals surface area contributed by atoms with E-state index in [1.165, 1.54) is 0 Å². The van der Waals surface area contributed by atoms with Crippen molar-refractivity contribution in [3.05, 3.63) is 0 Å². The maximum absolute atomic E-state index is 11.7.